The second-order valence-electron chi connectivity index (χ2n) is 0.253. The second-order valence-corrected chi connectivity index (χ2v) is 0.758. The Labute approximate surface area is 57.5 Å². The average Bonchev–Trinajstić information content (AvgIpc) is 0.811. The van der Waals surface area contributed by atoms with Crippen LogP contribution in [0.1, 0.15) is 0 Å². The number of rotatable bonds is 0. The molecule has 0 heterocycles. The molecule has 0 aromatic heterocycles. The van der Waals surface area contributed by atoms with E-state index in [0.29, 0.717) is 0 Å². The third-order valence-electron chi connectivity index (χ3n) is 0. The maximum atomic E-state index is 8.70. The van der Waals surface area contributed by atoms with Gasteiger partial charge in [0.2, 0.25) is 0 Å². The Kier molecular flexibility index (Phi) is 57.9. The van der Waals surface area contributed by atoms with Crippen molar-refractivity contribution in [1.29, 1.82) is 0 Å². The van der Waals surface area contributed by atoms with E-state index in [1.165, 1.54) is 0 Å². The second kappa shape index (κ2) is 15.9. The number of hydrogen-bond donors (Lipinski definition) is 2. The summed E-state index contributed by atoms with van der Waals surface area (Å²) >= 11 is 0. The summed E-state index contributed by atoms with van der Waals surface area (Å²) in [5.41, 5.74) is 0. The topological polar surface area (TPSA) is 57.5 Å². The van der Waals surface area contributed by atoms with E-state index < -0.39 is 8.25 Å². The molecule has 0 spiro atoms. The molecule has 0 aromatic rings. The first-order chi connectivity index (χ1) is 1.73. The van der Waals surface area contributed by atoms with Crippen molar-refractivity contribution in [1.82, 2.24) is 0 Å². The van der Waals surface area contributed by atoms with E-state index in [-0.39, 0.29) is 34.3 Å². The summed E-state index contributed by atoms with van der Waals surface area (Å²) in [7, 11) is -2.87. The first-order valence-electron chi connectivity index (χ1n) is 0.583. The van der Waals surface area contributed by atoms with Gasteiger partial charge in [0.1, 0.15) is 0 Å². The summed E-state index contributed by atoms with van der Waals surface area (Å²) in [6.45, 7) is 0. The van der Waals surface area contributed by atoms with Gasteiger partial charge in [0.05, 0.1) is 0 Å². The standard InChI is InChI=1S/2CH3.HO3P.Zn/c;;1-4(2)3;/h2*1H3;(H-,1,2,3);/q2*-1;;+2/p+1. The predicted molar refractivity (Wildman–Crippen MR) is 24.9 cm³/mol. The van der Waals surface area contributed by atoms with Crippen molar-refractivity contribution in [3.63, 3.8) is 0 Å². The van der Waals surface area contributed by atoms with Gasteiger partial charge in [-0.25, -0.2) is 0 Å². The molecule has 0 bridgehead atoms. The van der Waals surface area contributed by atoms with E-state index in [9.17, 15) is 0 Å². The molecule has 0 aliphatic carbocycles. The molecule has 0 aliphatic heterocycles. The summed E-state index contributed by atoms with van der Waals surface area (Å²) < 4.78 is 8.70. The molecule has 0 aromatic carbocycles. The van der Waals surface area contributed by atoms with Crippen LogP contribution in [0.15, 0.2) is 0 Å². The van der Waals surface area contributed by atoms with Gasteiger partial charge >= 0.3 is 27.7 Å². The summed E-state index contributed by atoms with van der Waals surface area (Å²) in [4.78, 5) is 14.2. The van der Waals surface area contributed by atoms with E-state index in [1.54, 1.807) is 0 Å². The largest absolute Gasteiger partial charge is 2.00 e. The van der Waals surface area contributed by atoms with Crippen LogP contribution in [0.4, 0.5) is 0 Å². The zero-order chi connectivity index (χ0) is 3.58. The van der Waals surface area contributed by atoms with E-state index in [2.05, 4.69) is 0 Å². The van der Waals surface area contributed by atoms with Gasteiger partial charge in [0.25, 0.3) is 0 Å². The van der Waals surface area contributed by atoms with E-state index in [1.807, 2.05) is 0 Å². The first kappa shape index (κ1) is 25.4. The predicted octanol–water partition coefficient (Wildman–Crippen LogP) is 0.526. The molecule has 0 amide bonds. The molecule has 0 atom stereocenters. The zero-order valence-electron chi connectivity index (χ0n) is 4.46. The molecule has 2 N–H and O–H groups in total. The third-order valence-corrected chi connectivity index (χ3v) is 0. The minimum atomic E-state index is -2.87. The van der Waals surface area contributed by atoms with Gasteiger partial charge in [-0.3, -0.25) is 0 Å². The Morgan fingerprint density at radius 2 is 1.14 bits per heavy atom. The molecule has 0 unspecified atom stereocenters. The van der Waals surface area contributed by atoms with Crippen molar-refractivity contribution in [2.24, 2.45) is 0 Å². The zero-order valence-corrected chi connectivity index (χ0v) is 8.32. The van der Waals surface area contributed by atoms with Crippen LogP contribution in [0, 0.1) is 14.9 Å². The molecule has 3 nitrogen and oxygen atoms in total. The molecule has 0 fully saturated rings. The normalized spacial score (nSPS) is 3.71. The van der Waals surface area contributed by atoms with E-state index in [0.717, 1.165) is 0 Å². The fraction of sp³-hybridized carbons (Fsp3) is 0. The van der Waals surface area contributed by atoms with Gasteiger partial charge in [0, 0.05) is 4.57 Å². The fourth-order valence-electron chi connectivity index (χ4n) is 0. The van der Waals surface area contributed by atoms with E-state index in [4.69, 9.17) is 14.4 Å². The molecule has 0 radical (unpaired) electrons. The summed E-state index contributed by atoms with van der Waals surface area (Å²) in [5.74, 6) is 0. The van der Waals surface area contributed by atoms with Crippen LogP contribution >= 0.6 is 8.25 Å². The summed E-state index contributed by atoms with van der Waals surface area (Å²) in [5, 5.41) is 0. The van der Waals surface area contributed by atoms with Crippen molar-refractivity contribution in [2.75, 3.05) is 0 Å². The fourth-order valence-corrected chi connectivity index (χ4v) is 0. The van der Waals surface area contributed by atoms with Gasteiger partial charge in [-0.15, -0.1) is 9.79 Å². The molecule has 0 saturated carbocycles. The van der Waals surface area contributed by atoms with Gasteiger partial charge < -0.3 is 14.9 Å². The van der Waals surface area contributed by atoms with Gasteiger partial charge in [-0.05, 0) is 0 Å². The molecular weight excluding hydrogens is 168 g/mol. The van der Waals surface area contributed by atoms with Crippen molar-refractivity contribution < 1.29 is 33.8 Å². The maximum absolute atomic E-state index is 8.70. The van der Waals surface area contributed by atoms with Crippen LogP contribution in [0.2, 0.25) is 0 Å². The van der Waals surface area contributed by atoms with Crippen molar-refractivity contribution in [3.05, 3.63) is 14.9 Å². The van der Waals surface area contributed by atoms with Crippen LogP contribution in [0.25, 0.3) is 0 Å². The van der Waals surface area contributed by atoms with Gasteiger partial charge in [-0.2, -0.15) is 0 Å². The van der Waals surface area contributed by atoms with Gasteiger partial charge in [0.15, 0.2) is 0 Å². The molecule has 7 heavy (non-hydrogen) atoms. The smallest absolute Gasteiger partial charge is 0.358 e. The Morgan fingerprint density at radius 3 is 1.14 bits per heavy atom. The third kappa shape index (κ3) is 346. The average molecular weight is 176 g/mol. The van der Waals surface area contributed by atoms with Gasteiger partial charge in [-0.1, -0.05) is 0 Å². The molecule has 0 rings (SSSR count). The SMILES string of the molecule is O=[P+](O)O.[CH3-].[CH3-].[Zn+2]. The minimum absolute atomic E-state index is 0. The first-order valence-corrected chi connectivity index (χ1v) is 1.75. The quantitative estimate of drug-likeness (QED) is 0.322. The van der Waals surface area contributed by atoms with Crippen molar-refractivity contribution in [3.8, 4) is 0 Å². The monoisotopic (exact) mass is 175 g/mol. The Balaban J connectivity index is -0.0000000150. The maximum Gasteiger partial charge on any atom is 2.00 e. The van der Waals surface area contributed by atoms with Crippen LogP contribution in [-0.2, 0) is 24.0 Å². The van der Waals surface area contributed by atoms with E-state index >= 15 is 0 Å². The Hall–Kier alpha value is 0.643. The minimum Gasteiger partial charge on any atom is -0.358 e. The van der Waals surface area contributed by atoms with Crippen LogP contribution in [0.5, 0.6) is 0 Å². The number of hydrogen-bond acceptors (Lipinski definition) is 1. The molecule has 5 heteroatoms. The summed E-state index contributed by atoms with van der Waals surface area (Å²) in [6.07, 6.45) is 0. The van der Waals surface area contributed by atoms with Crippen molar-refractivity contribution >= 4 is 8.25 Å². The molecular formula is C2H8O3PZn+. The molecule has 0 saturated heterocycles. The molecule has 40 valence electrons. The van der Waals surface area contributed by atoms with Crippen LogP contribution in [0.3, 0.4) is 0 Å². The molecule has 0 aliphatic rings. The van der Waals surface area contributed by atoms with Crippen LogP contribution < -0.4 is 0 Å². The Morgan fingerprint density at radius 1 is 1.14 bits per heavy atom. The van der Waals surface area contributed by atoms with Crippen LogP contribution in [-0.4, -0.2) is 9.79 Å². The Bertz CT molecular complexity index is 35.9. The summed E-state index contributed by atoms with van der Waals surface area (Å²) in [6, 6.07) is 0. The van der Waals surface area contributed by atoms with Crippen molar-refractivity contribution in [2.45, 2.75) is 0 Å².